The first-order valence-corrected chi connectivity index (χ1v) is 9.23. The highest BCUT2D eigenvalue weighted by atomic mass is 79.9. The normalized spacial score (nSPS) is 11.8. The lowest BCUT2D eigenvalue weighted by Crippen LogP contribution is -2.16. The molecule has 0 atom stereocenters. The lowest BCUT2D eigenvalue weighted by atomic mass is 10.2. The summed E-state index contributed by atoms with van der Waals surface area (Å²) < 4.78 is 4.03. The van der Waals surface area contributed by atoms with Crippen molar-refractivity contribution in [1.29, 1.82) is 0 Å². The van der Waals surface area contributed by atoms with Gasteiger partial charge in [0, 0.05) is 28.7 Å². The molecular weight excluding hydrogens is 406 g/mol. The zero-order valence-electron chi connectivity index (χ0n) is 13.3. The number of nitro groups is 1. The van der Waals surface area contributed by atoms with Crippen LogP contribution in [0.25, 0.3) is 10.2 Å². The molecule has 0 saturated carbocycles. The molecule has 0 fully saturated rings. The van der Waals surface area contributed by atoms with Crippen molar-refractivity contribution in [3.05, 3.63) is 67.4 Å². The molecule has 0 radical (unpaired) electrons. The number of amides is 1. The first-order valence-electron chi connectivity index (χ1n) is 7.62. The number of rotatable bonds is 4. The summed E-state index contributed by atoms with van der Waals surface area (Å²) in [5.41, 5.74) is 1.31. The van der Waals surface area contributed by atoms with Crippen LogP contribution in [-0.4, -0.2) is 15.4 Å². The molecule has 3 rings (SSSR count). The average Bonchev–Trinajstić information content (AvgIpc) is 2.91. The number of fused-ring (bicyclic) bond motifs is 1. The van der Waals surface area contributed by atoms with Crippen LogP contribution < -0.4 is 4.80 Å². The first-order chi connectivity index (χ1) is 12.0. The van der Waals surface area contributed by atoms with Gasteiger partial charge in [0.25, 0.3) is 11.6 Å². The van der Waals surface area contributed by atoms with Gasteiger partial charge in [-0.3, -0.25) is 14.9 Å². The number of thiazole rings is 1. The molecule has 0 bridgehead atoms. The van der Waals surface area contributed by atoms with Crippen LogP contribution in [0.1, 0.15) is 23.7 Å². The Hall–Kier alpha value is -2.32. The fraction of sp³-hybridized carbons (Fsp3) is 0.176. The van der Waals surface area contributed by atoms with Crippen molar-refractivity contribution in [1.82, 2.24) is 4.57 Å². The van der Waals surface area contributed by atoms with Crippen molar-refractivity contribution in [2.45, 2.75) is 19.9 Å². The van der Waals surface area contributed by atoms with Crippen LogP contribution in [-0.2, 0) is 6.54 Å². The van der Waals surface area contributed by atoms with E-state index in [0.29, 0.717) is 10.4 Å². The molecule has 0 aliphatic rings. The number of halogens is 1. The fourth-order valence-electron chi connectivity index (χ4n) is 2.45. The predicted molar refractivity (Wildman–Crippen MR) is 101 cm³/mol. The summed E-state index contributed by atoms with van der Waals surface area (Å²) in [4.78, 5) is 27.5. The van der Waals surface area contributed by atoms with E-state index in [9.17, 15) is 14.9 Å². The molecule has 25 heavy (non-hydrogen) atoms. The number of nitrogens with zero attached hydrogens (tertiary/aromatic N) is 3. The molecule has 2 aromatic carbocycles. The molecule has 0 aliphatic heterocycles. The van der Waals surface area contributed by atoms with Gasteiger partial charge in [0.05, 0.1) is 15.1 Å². The van der Waals surface area contributed by atoms with Crippen molar-refractivity contribution in [3.8, 4) is 0 Å². The van der Waals surface area contributed by atoms with E-state index in [-0.39, 0.29) is 5.69 Å². The van der Waals surface area contributed by atoms with Gasteiger partial charge in [-0.1, -0.05) is 34.2 Å². The van der Waals surface area contributed by atoms with Gasteiger partial charge in [-0.25, -0.2) is 0 Å². The van der Waals surface area contributed by atoms with Gasteiger partial charge in [-0.2, -0.15) is 4.99 Å². The van der Waals surface area contributed by atoms with Gasteiger partial charge in [0.15, 0.2) is 4.80 Å². The zero-order chi connectivity index (χ0) is 18.0. The predicted octanol–water partition coefficient (Wildman–Crippen LogP) is 4.52. The molecule has 0 N–H and O–H groups in total. The van der Waals surface area contributed by atoms with E-state index in [2.05, 4.69) is 27.8 Å². The monoisotopic (exact) mass is 419 g/mol. The number of aromatic nitrogens is 1. The Morgan fingerprint density at radius 1 is 1.28 bits per heavy atom. The van der Waals surface area contributed by atoms with Crippen molar-refractivity contribution >= 4 is 49.1 Å². The number of nitro benzene ring substituents is 1. The summed E-state index contributed by atoms with van der Waals surface area (Å²) >= 11 is 4.90. The molecule has 3 aromatic rings. The third-order valence-electron chi connectivity index (χ3n) is 3.61. The second-order valence-electron chi connectivity index (χ2n) is 5.37. The van der Waals surface area contributed by atoms with Crippen LogP contribution in [0.15, 0.2) is 51.9 Å². The molecule has 0 unspecified atom stereocenters. The van der Waals surface area contributed by atoms with E-state index in [0.717, 1.165) is 27.7 Å². The van der Waals surface area contributed by atoms with E-state index in [1.165, 1.54) is 35.6 Å². The van der Waals surface area contributed by atoms with Crippen LogP contribution in [0.2, 0.25) is 0 Å². The molecule has 0 aliphatic carbocycles. The van der Waals surface area contributed by atoms with Gasteiger partial charge >= 0.3 is 0 Å². The summed E-state index contributed by atoms with van der Waals surface area (Å²) in [7, 11) is 0. The molecular formula is C17H14BrN3O3S. The number of carbonyl (C=O) groups excluding carboxylic acids is 1. The van der Waals surface area contributed by atoms with E-state index in [4.69, 9.17) is 0 Å². The summed E-state index contributed by atoms with van der Waals surface area (Å²) in [6, 6.07) is 11.4. The highest BCUT2D eigenvalue weighted by Gasteiger charge is 2.11. The van der Waals surface area contributed by atoms with Crippen LogP contribution in [0, 0.1) is 10.1 Å². The molecule has 8 heteroatoms. The van der Waals surface area contributed by atoms with Crippen molar-refractivity contribution in [2.24, 2.45) is 4.99 Å². The van der Waals surface area contributed by atoms with Gasteiger partial charge < -0.3 is 4.57 Å². The molecule has 1 heterocycles. The molecule has 1 aromatic heterocycles. The third-order valence-corrected chi connectivity index (χ3v) is 5.15. The van der Waals surface area contributed by atoms with E-state index in [1.807, 2.05) is 22.8 Å². The molecule has 128 valence electrons. The maximum absolute atomic E-state index is 12.4. The van der Waals surface area contributed by atoms with Crippen LogP contribution in [0.5, 0.6) is 0 Å². The quantitative estimate of drug-likeness (QED) is 0.460. The Labute approximate surface area is 155 Å². The van der Waals surface area contributed by atoms with E-state index in [1.54, 1.807) is 0 Å². The highest BCUT2D eigenvalue weighted by Crippen LogP contribution is 2.22. The Morgan fingerprint density at radius 3 is 2.64 bits per heavy atom. The minimum Gasteiger partial charge on any atom is -0.316 e. The average molecular weight is 420 g/mol. The molecule has 0 saturated heterocycles. The number of hydrogen-bond donors (Lipinski definition) is 0. The van der Waals surface area contributed by atoms with Crippen LogP contribution in [0.3, 0.4) is 0 Å². The minimum absolute atomic E-state index is 0.0516. The van der Waals surface area contributed by atoms with Crippen molar-refractivity contribution < 1.29 is 9.72 Å². The molecule has 1 amide bonds. The van der Waals surface area contributed by atoms with Gasteiger partial charge in [-0.05, 0) is 36.8 Å². The Bertz CT molecular complexity index is 1020. The number of carbonyl (C=O) groups is 1. The third kappa shape index (κ3) is 3.69. The highest BCUT2D eigenvalue weighted by molar-refractivity contribution is 9.10. The van der Waals surface area contributed by atoms with E-state index < -0.39 is 10.8 Å². The summed E-state index contributed by atoms with van der Waals surface area (Å²) in [6.45, 7) is 2.82. The van der Waals surface area contributed by atoms with Gasteiger partial charge in [0.2, 0.25) is 0 Å². The number of aryl methyl sites for hydroxylation is 1. The number of non-ortho nitro benzene ring substituents is 1. The topological polar surface area (TPSA) is 77.5 Å². The standard InChI is InChI=1S/C17H14BrN3O3S/c1-2-9-20-14-8-5-12(18)10-15(14)25-17(20)19-16(22)11-3-6-13(7-4-11)21(23)24/h3-8,10H,2,9H2,1H3. The smallest absolute Gasteiger partial charge is 0.279 e. The van der Waals surface area contributed by atoms with Crippen molar-refractivity contribution in [3.63, 3.8) is 0 Å². The number of benzene rings is 2. The fourth-order valence-corrected chi connectivity index (χ4v) is 4.06. The Morgan fingerprint density at radius 2 is 2.00 bits per heavy atom. The lowest BCUT2D eigenvalue weighted by molar-refractivity contribution is -0.384. The maximum atomic E-state index is 12.4. The lowest BCUT2D eigenvalue weighted by Gasteiger charge is -2.02. The van der Waals surface area contributed by atoms with E-state index >= 15 is 0 Å². The second-order valence-corrected chi connectivity index (χ2v) is 7.29. The van der Waals surface area contributed by atoms with Gasteiger partial charge in [0.1, 0.15) is 0 Å². The largest absolute Gasteiger partial charge is 0.316 e. The first kappa shape index (κ1) is 17.5. The second kappa shape index (κ2) is 7.28. The Kier molecular flexibility index (Phi) is 5.10. The SMILES string of the molecule is CCCn1c(=NC(=O)c2ccc([N+](=O)[O-])cc2)sc2cc(Br)ccc21. The Balaban J connectivity index is 2.06. The molecule has 6 nitrogen and oxygen atoms in total. The maximum Gasteiger partial charge on any atom is 0.279 e. The summed E-state index contributed by atoms with van der Waals surface area (Å²) in [5.74, 6) is -0.412. The van der Waals surface area contributed by atoms with Crippen LogP contribution in [0.4, 0.5) is 5.69 Å². The van der Waals surface area contributed by atoms with Gasteiger partial charge in [-0.15, -0.1) is 0 Å². The molecule has 0 spiro atoms. The summed E-state index contributed by atoms with van der Waals surface area (Å²) in [5, 5.41) is 10.7. The summed E-state index contributed by atoms with van der Waals surface area (Å²) in [6.07, 6.45) is 0.917. The number of hydrogen-bond acceptors (Lipinski definition) is 4. The van der Waals surface area contributed by atoms with Crippen molar-refractivity contribution in [2.75, 3.05) is 0 Å². The zero-order valence-corrected chi connectivity index (χ0v) is 15.7. The van der Waals surface area contributed by atoms with Crippen LogP contribution >= 0.6 is 27.3 Å². The minimum atomic E-state index is -0.496.